The Kier molecular flexibility index (Phi) is 8.93. The van der Waals surface area contributed by atoms with Crippen LogP contribution in [0.5, 0.6) is 0 Å². The van der Waals surface area contributed by atoms with Crippen LogP contribution in [0.15, 0.2) is 27.7 Å². The van der Waals surface area contributed by atoms with E-state index >= 15 is 0 Å². The minimum absolute atomic E-state index is 0.0420. The molecule has 158 valence electrons. The molecule has 0 saturated heterocycles. The van der Waals surface area contributed by atoms with Gasteiger partial charge in [-0.25, -0.2) is 4.79 Å². The van der Waals surface area contributed by atoms with Crippen LogP contribution in [-0.2, 0) is 14.3 Å². The van der Waals surface area contributed by atoms with E-state index in [2.05, 4.69) is 25.7 Å². The Labute approximate surface area is 174 Å². The van der Waals surface area contributed by atoms with Crippen molar-refractivity contribution in [1.29, 1.82) is 0 Å². The van der Waals surface area contributed by atoms with Crippen LogP contribution in [0.2, 0.25) is 0 Å². The summed E-state index contributed by atoms with van der Waals surface area (Å²) < 4.78 is 5.35. The number of hydrogen-bond acceptors (Lipinski definition) is 4. The second-order valence-electron chi connectivity index (χ2n) is 8.68. The van der Waals surface area contributed by atoms with Crippen molar-refractivity contribution in [3.05, 3.63) is 22.8 Å². The highest BCUT2D eigenvalue weighted by Gasteiger charge is 2.41. The number of esters is 1. The van der Waals surface area contributed by atoms with Gasteiger partial charge in [0.1, 0.15) is 18.0 Å². The first-order chi connectivity index (χ1) is 12.9. The smallest absolute Gasteiger partial charge is 0.334 e. The molecule has 0 aromatic rings. The molecular formula is C22H35ClN2O3. The van der Waals surface area contributed by atoms with E-state index in [0.717, 1.165) is 12.0 Å². The highest BCUT2D eigenvalue weighted by Crippen LogP contribution is 2.31. The van der Waals surface area contributed by atoms with E-state index < -0.39 is 11.5 Å². The summed E-state index contributed by atoms with van der Waals surface area (Å²) in [5.74, 6) is 0.551. The zero-order valence-corrected chi connectivity index (χ0v) is 19.1. The molecule has 0 aliphatic carbocycles. The monoisotopic (exact) mass is 410 g/mol. The van der Waals surface area contributed by atoms with Crippen LogP contribution in [0.1, 0.15) is 67.7 Å². The highest BCUT2D eigenvalue weighted by molar-refractivity contribution is 6.29. The van der Waals surface area contributed by atoms with Gasteiger partial charge in [-0.2, -0.15) is 0 Å². The average molecular weight is 411 g/mol. The van der Waals surface area contributed by atoms with Crippen molar-refractivity contribution in [2.24, 2.45) is 22.7 Å². The van der Waals surface area contributed by atoms with Gasteiger partial charge in [-0.05, 0) is 43.9 Å². The van der Waals surface area contributed by atoms with Gasteiger partial charge in [-0.3, -0.25) is 9.79 Å². The largest absolute Gasteiger partial charge is 0.457 e. The normalized spacial score (nSPS) is 21.4. The second-order valence-corrected chi connectivity index (χ2v) is 9.21. The van der Waals surface area contributed by atoms with Gasteiger partial charge in [0, 0.05) is 16.2 Å². The third-order valence-electron chi connectivity index (χ3n) is 4.79. The molecule has 5 nitrogen and oxygen atoms in total. The van der Waals surface area contributed by atoms with Crippen molar-refractivity contribution >= 4 is 29.3 Å². The third-order valence-corrected chi connectivity index (χ3v) is 4.90. The van der Waals surface area contributed by atoms with E-state index in [4.69, 9.17) is 21.3 Å². The van der Waals surface area contributed by atoms with Gasteiger partial charge in [0.05, 0.1) is 0 Å². The molecular weight excluding hydrogens is 376 g/mol. The number of aliphatic imine (C=N–C) groups is 1. The number of hydrogen-bond donors (Lipinski definition) is 1. The fourth-order valence-corrected chi connectivity index (χ4v) is 3.50. The molecule has 1 aliphatic heterocycles. The minimum Gasteiger partial charge on any atom is -0.457 e. The number of nitrogens with one attached hydrogen (secondary N) is 1. The van der Waals surface area contributed by atoms with Crippen LogP contribution in [0.25, 0.3) is 0 Å². The number of nitrogens with zero attached hydrogens (tertiary/aromatic N) is 1. The van der Waals surface area contributed by atoms with E-state index in [0.29, 0.717) is 30.2 Å². The highest BCUT2D eigenvalue weighted by atomic mass is 35.5. The van der Waals surface area contributed by atoms with E-state index in [1.165, 1.54) is 0 Å². The summed E-state index contributed by atoms with van der Waals surface area (Å²) in [6.07, 6.45) is 1.98. The van der Waals surface area contributed by atoms with Crippen molar-refractivity contribution in [3.8, 4) is 0 Å². The maximum atomic E-state index is 12.9. The number of carbonyl (C=O) groups excluding carboxylic acids is 2. The summed E-state index contributed by atoms with van der Waals surface area (Å²) in [5.41, 5.74) is 0.497. The fraction of sp³-hybridized carbons (Fsp3) is 0.682. The Hall–Kier alpha value is -1.62. The summed E-state index contributed by atoms with van der Waals surface area (Å²) in [7, 11) is 0. The summed E-state index contributed by atoms with van der Waals surface area (Å²) in [6.45, 7) is 17.7. The van der Waals surface area contributed by atoms with E-state index in [1.807, 2.05) is 34.6 Å². The van der Waals surface area contributed by atoms with Gasteiger partial charge >= 0.3 is 5.97 Å². The molecule has 0 radical (unpaired) electrons. The van der Waals surface area contributed by atoms with Crippen molar-refractivity contribution in [1.82, 2.24) is 5.32 Å². The first kappa shape index (κ1) is 24.4. The Morgan fingerprint density at radius 2 is 1.86 bits per heavy atom. The van der Waals surface area contributed by atoms with Gasteiger partial charge in [-0.15, -0.1) is 0 Å². The predicted molar refractivity (Wildman–Crippen MR) is 115 cm³/mol. The molecule has 0 bridgehead atoms. The number of rotatable bonds is 10. The molecule has 6 heteroatoms. The maximum absolute atomic E-state index is 12.9. The first-order valence-corrected chi connectivity index (χ1v) is 10.4. The van der Waals surface area contributed by atoms with Gasteiger partial charge in [0.15, 0.2) is 0 Å². The molecule has 0 aromatic heterocycles. The van der Waals surface area contributed by atoms with E-state index in [9.17, 15) is 9.59 Å². The number of amides is 1. The second kappa shape index (κ2) is 10.2. The molecule has 0 saturated carbocycles. The van der Waals surface area contributed by atoms with Crippen molar-refractivity contribution in [2.75, 3.05) is 6.61 Å². The molecule has 28 heavy (non-hydrogen) atoms. The quantitative estimate of drug-likeness (QED) is 0.406. The van der Waals surface area contributed by atoms with Crippen LogP contribution in [0, 0.1) is 17.8 Å². The topological polar surface area (TPSA) is 67.8 Å². The Morgan fingerprint density at radius 3 is 2.32 bits per heavy atom. The van der Waals surface area contributed by atoms with Crippen LogP contribution >= 0.6 is 11.6 Å². The van der Waals surface area contributed by atoms with Crippen LogP contribution in [0.4, 0.5) is 0 Å². The fourth-order valence-electron chi connectivity index (χ4n) is 3.45. The molecule has 0 spiro atoms. The summed E-state index contributed by atoms with van der Waals surface area (Å²) in [4.78, 5) is 30.3. The lowest BCUT2D eigenvalue weighted by Gasteiger charge is -2.21. The van der Waals surface area contributed by atoms with Gasteiger partial charge in [0.25, 0.3) is 5.91 Å². The van der Waals surface area contributed by atoms with Crippen LogP contribution < -0.4 is 5.32 Å². The Morgan fingerprint density at radius 1 is 1.25 bits per heavy atom. The Bertz CT molecular complexity index is 679. The summed E-state index contributed by atoms with van der Waals surface area (Å²) >= 11 is 5.77. The van der Waals surface area contributed by atoms with Crippen LogP contribution in [0.3, 0.4) is 0 Å². The van der Waals surface area contributed by atoms with Gasteiger partial charge in [-0.1, -0.05) is 59.7 Å². The molecule has 1 aliphatic rings. The third kappa shape index (κ3) is 6.47. The predicted octanol–water partition coefficient (Wildman–Crippen LogP) is 5.00. The van der Waals surface area contributed by atoms with Crippen molar-refractivity contribution in [2.45, 2.75) is 73.3 Å². The Balaban J connectivity index is 3.48. The molecule has 0 aromatic carbocycles. The minimum atomic E-state index is -0.820. The number of amidine groups is 1. The molecule has 1 heterocycles. The molecule has 2 atom stereocenters. The number of ether oxygens (including phenoxy) is 1. The van der Waals surface area contributed by atoms with E-state index in [1.54, 1.807) is 0 Å². The number of carbonyl (C=O) groups is 2. The lowest BCUT2D eigenvalue weighted by Crippen LogP contribution is -2.39. The zero-order chi connectivity index (χ0) is 21.6. The first-order valence-electron chi connectivity index (χ1n) is 10.1. The average Bonchev–Trinajstić information content (AvgIpc) is 2.84. The molecule has 1 rings (SSSR count). The van der Waals surface area contributed by atoms with E-state index in [-0.39, 0.29) is 29.4 Å². The molecule has 2 unspecified atom stereocenters. The van der Waals surface area contributed by atoms with Crippen molar-refractivity contribution < 1.29 is 14.3 Å². The van der Waals surface area contributed by atoms with Crippen LogP contribution in [-0.4, -0.2) is 29.9 Å². The lowest BCUT2D eigenvalue weighted by atomic mass is 9.88. The number of halogens is 1. The van der Waals surface area contributed by atoms with Crippen molar-refractivity contribution in [3.63, 3.8) is 0 Å². The van der Waals surface area contributed by atoms with Gasteiger partial charge < -0.3 is 10.1 Å². The lowest BCUT2D eigenvalue weighted by molar-refractivity contribution is -0.138. The van der Waals surface area contributed by atoms with Gasteiger partial charge in [0.2, 0.25) is 0 Å². The summed E-state index contributed by atoms with van der Waals surface area (Å²) in [5, 5.41) is 3.20. The summed E-state index contributed by atoms with van der Waals surface area (Å²) in [6, 6.07) is 0. The maximum Gasteiger partial charge on any atom is 0.334 e. The molecule has 1 amide bonds. The zero-order valence-electron chi connectivity index (χ0n) is 18.3. The standard InChI is InChI=1S/C22H35ClN2O3/c1-9-15(6)18(17(10-13(2)3)20(26)28-12-16(7)23)19-24-21(27)22(8,25-19)11-14(4)5/h13-15H,7,9-12H2,1-6,8H3,(H,24,25,27). The SMILES string of the molecule is C=C(Cl)COC(=O)C(CC(C)C)=C(C1=NC(C)(CC(C)C)C(=O)N1)C(C)CC. The molecule has 1 N–H and O–H groups in total. The molecule has 0 fully saturated rings.